The zero-order chi connectivity index (χ0) is 15.7. The third kappa shape index (κ3) is 2.23. The molecule has 0 fully saturated rings. The van der Waals surface area contributed by atoms with Crippen molar-refractivity contribution in [3.8, 4) is 0 Å². The summed E-state index contributed by atoms with van der Waals surface area (Å²) < 4.78 is 6.03. The van der Waals surface area contributed by atoms with Crippen LogP contribution in [0.15, 0.2) is 84.9 Å². The second-order valence-electron chi connectivity index (χ2n) is 5.78. The van der Waals surface area contributed by atoms with Crippen molar-refractivity contribution >= 4 is 5.97 Å². The minimum Gasteiger partial charge on any atom is -0.445 e. The monoisotopic (exact) mass is 300 g/mol. The van der Waals surface area contributed by atoms with Gasteiger partial charge in [-0.05, 0) is 11.6 Å². The molecule has 0 atom stereocenters. The van der Waals surface area contributed by atoms with Gasteiger partial charge in [0.05, 0.1) is 5.56 Å². The van der Waals surface area contributed by atoms with Gasteiger partial charge in [-0.25, -0.2) is 4.79 Å². The summed E-state index contributed by atoms with van der Waals surface area (Å²) in [5, 5.41) is 0. The molecule has 0 saturated carbocycles. The van der Waals surface area contributed by atoms with Crippen molar-refractivity contribution in [2.45, 2.75) is 12.0 Å². The van der Waals surface area contributed by atoms with Gasteiger partial charge in [-0.1, -0.05) is 78.9 Å². The molecule has 0 aliphatic carbocycles. The molecule has 0 amide bonds. The van der Waals surface area contributed by atoms with Crippen LogP contribution in [-0.2, 0) is 16.8 Å². The molecular weight excluding hydrogens is 284 g/mol. The average Bonchev–Trinajstić information content (AvgIpc) is 2.63. The van der Waals surface area contributed by atoms with E-state index in [1.807, 2.05) is 84.9 Å². The summed E-state index contributed by atoms with van der Waals surface area (Å²) in [6.45, 7) is 0. The Hall–Kier alpha value is -2.87. The Morgan fingerprint density at radius 3 is 1.83 bits per heavy atom. The summed E-state index contributed by atoms with van der Waals surface area (Å²) in [4.78, 5) is 12.6. The number of hydrogen-bond donors (Lipinski definition) is 0. The lowest BCUT2D eigenvalue weighted by molar-refractivity contribution is -0.00750. The molecule has 2 nitrogen and oxygen atoms in total. The van der Waals surface area contributed by atoms with E-state index in [0.29, 0.717) is 12.0 Å². The largest absolute Gasteiger partial charge is 0.445 e. The highest BCUT2D eigenvalue weighted by Gasteiger charge is 2.43. The van der Waals surface area contributed by atoms with Gasteiger partial charge in [0.2, 0.25) is 0 Å². The zero-order valence-electron chi connectivity index (χ0n) is 12.6. The number of fused-ring (bicyclic) bond motifs is 1. The van der Waals surface area contributed by atoms with E-state index in [1.165, 1.54) is 0 Å². The lowest BCUT2D eigenvalue weighted by Gasteiger charge is -2.38. The van der Waals surface area contributed by atoms with E-state index in [0.717, 1.165) is 16.7 Å². The Balaban J connectivity index is 1.94. The summed E-state index contributed by atoms with van der Waals surface area (Å²) in [5.74, 6) is -0.264. The van der Waals surface area contributed by atoms with Crippen molar-refractivity contribution in [3.05, 3.63) is 107 Å². The highest BCUT2D eigenvalue weighted by molar-refractivity contribution is 5.93. The third-order valence-electron chi connectivity index (χ3n) is 4.42. The average molecular weight is 300 g/mol. The Morgan fingerprint density at radius 2 is 1.22 bits per heavy atom. The van der Waals surface area contributed by atoms with Gasteiger partial charge < -0.3 is 4.74 Å². The molecule has 1 heterocycles. The van der Waals surface area contributed by atoms with Crippen LogP contribution in [0.5, 0.6) is 0 Å². The summed E-state index contributed by atoms with van der Waals surface area (Å²) in [7, 11) is 0. The summed E-state index contributed by atoms with van der Waals surface area (Å²) >= 11 is 0. The number of carbonyl (C=O) groups excluding carboxylic acids is 1. The smallest absolute Gasteiger partial charge is 0.339 e. The molecule has 0 bridgehead atoms. The third-order valence-corrected chi connectivity index (χ3v) is 4.42. The maximum Gasteiger partial charge on any atom is 0.339 e. The molecule has 4 rings (SSSR count). The lowest BCUT2D eigenvalue weighted by Crippen LogP contribution is -2.40. The predicted octanol–water partition coefficient (Wildman–Crippen LogP) is 4.34. The molecule has 0 N–H and O–H groups in total. The highest BCUT2D eigenvalue weighted by atomic mass is 16.6. The van der Waals surface area contributed by atoms with Gasteiger partial charge in [0.25, 0.3) is 0 Å². The van der Waals surface area contributed by atoms with Crippen LogP contribution in [0.4, 0.5) is 0 Å². The molecule has 1 aliphatic rings. The number of cyclic esters (lactones) is 1. The van der Waals surface area contributed by atoms with Crippen molar-refractivity contribution < 1.29 is 9.53 Å². The van der Waals surface area contributed by atoms with Crippen LogP contribution >= 0.6 is 0 Å². The Morgan fingerprint density at radius 1 is 0.696 bits per heavy atom. The number of hydrogen-bond acceptors (Lipinski definition) is 2. The summed E-state index contributed by atoms with van der Waals surface area (Å²) in [6, 6.07) is 27.6. The molecule has 0 saturated heterocycles. The lowest BCUT2D eigenvalue weighted by atomic mass is 9.78. The molecule has 0 radical (unpaired) electrons. The van der Waals surface area contributed by atoms with E-state index in [1.54, 1.807) is 0 Å². The molecule has 3 aromatic rings. The number of benzene rings is 3. The molecule has 0 aromatic heterocycles. The van der Waals surface area contributed by atoms with E-state index in [4.69, 9.17) is 4.74 Å². The van der Waals surface area contributed by atoms with Crippen LogP contribution < -0.4 is 0 Å². The number of rotatable bonds is 2. The van der Waals surface area contributed by atoms with Crippen LogP contribution in [0.3, 0.4) is 0 Å². The van der Waals surface area contributed by atoms with Gasteiger partial charge in [0.1, 0.15) is 0 Å². The first-order valence-corrected chi connectivity index (χ1v) is 7.72. The molecule has 0 unspecified atom stereocenters. The fourth-order valence-electron chi connectivity index (χ4n) is 3.29. The number of carbonyl (C=O) groups is 1. The number of ether oxygens (including phenoxy) is 1. The minimum absolute atomic E-state index is 0.264. The molecule has 1 aliphatic heterocycles. The first kappa shape index (κ1) is 13.8. The van der Waals surface area contributed by atoms with Gasteiger partial charge in [-0.2, -0.15) is 0 Å². The normalized spacial score (nSPS) is 15.6. The van der Waals surface area contributed by atoms with Crippen molar-refractivity contribution in [2.24, 2.45) is 0 Å². The van der Waals surface area contributed by atoms with Crippen molar-refractivity contribution in [3.63, 3.8) is 0 Å². The van der Waals surface area contributed by atoms with Gasteiger partial charge in [0.15, 0.2) is 5.60 Å². The van der Waals surface area contributed by atoms with Gasteiger partial charge in [0, 0.05) is 17.5 Å². The zero-order valence-corrected chi connectivity index (χ0v) is 12.6. The van der Waals surface area contributed by atoms with E-state index < -0.39 is 5.60 Å². The molecule has 112 valence electrons. The first-order valence-electron chi connectivity index (χ1n) is 7.72. The number of esters is 1. The van der Waals surface area contributed by atoms with Gasteiger partial charge in [-0.15, -0.1) is 0 Å². The van der Waals surface area contributed by atoms with Crippen LogP contribution in [0.1, 0.15) is 27.0 Å². The fourth-order valence-corrected chi connectivity index (χ4v) is 3.29. The first-order chi connectivity index (χ1) is 11.3. The van der Waals surface area contributed by atoms with E-state index in [-0.39, 0.29) is 5.97 Å². The predicted molar refractivity (Wildman–Crippen MR) is 89.2 cm³/mol. The summed E-state index contributed by atoms with van der Waals surface area (Å²) in [6.07, 6.45) is 0.642. The molecule has 23 heavy (non-hydrogen) atoms. The standard InChI is InChI=1S/C21H16O2/c22-20-19-14-8-7-9-16(19)15-21(23-20,17-10-3-1-4-11-17)18-12-5-2-6-13-18/h1-14H,15H2. The second-order valence-corrected chi connectivity index (χ2v) is 5.78. The molecular formula is C21H16O2. The van der Waals surface area contributed by atoms with Crippen LogP contribution in [-0.4, -0.2) is 5.97 Å². The van der Waals surface area contributed by atoms with E-state index >= 15 is 0 Å². The SMILES string of the molecule is O=C1OC(c2ccccc2)(c2ccccc2)Cc2ccccc21. The van der Waals surface area contributed by atoms with Gasteiger partial charge in [-0.3, -0.25) is 0 Å². The Kier molecular flexibility index (Phi) is 3.23. The maximum atomic E-state index is 12.6. The van der Waals surface area contributed by atoms with E-state index in [9.17, 15) is 4.79 Å². The molecule has 2 heteroatoms. The van der Waals surface area contributed by atoms with Crippen molar-refractivity contribution in [2.75, 3.05) is 0 Å². The summed E-state index contributed by atoms with van der Waals surface area (Å²) in [5.41, 5.74) is 2.91. The van der Waals surface area contributed by atoms with Crippen molar-refractivity contribution in [1.82, 2.24) is 0 Å². The highest BCUT2D eigenvalue weighted by Crippen LogP contribution is 2.41. The molecule has 0 spiro atoms. The fraction of sp³-hybridized carbons (Fsp3) is 0.0952. The van der Waals surface area contributed by atoms with Crippen LogP contribution in [0.2, 0.25) is 0 Å². The minimum atomic E-state index is -0.770. The van der Waals surface area contributed by atoms with Crippen LogP contribution in [0.25, 0.3) is 0 Å². The molecule has 3 aromatic carbocycles. The second kappa shape index (κ2) is 5.40. The maximum absolute atomic E-state index is 12.6. The Bertz CT molecular complexity index is 798. The topological polar surface area (TPSA) is 26.3 Å². The van der Waals surface area contributed by atoms with Crippen molar-refractivity contribution in [1.29, 1.82) is 0 Å². The van der Waals surface area contributed by atoms with E-state index in [2.05, 4.69) is 0 Å². The Labute approximate surface area is 135 Å². The quantitative estimate of drug-likeness (QED) is 0.658. The van der Waals surface area contributed by atoms with Crippen LogP contribution in [0, 0.1) is 0 Å². The van der Waals surface area contributed by atoms with Gasteiger partial charge >= 0.3 is 5.97 Å².